The maximum atomic E-state index is 12.4. The Morgan fingerprint density at radius 2 is 2.00 bits per heavy atom. The number of rotatable bonds is 6. The average Bonchev–Trinajstić information content (AvgIpc) is 2.81. The number of hydrogen-bond donors (Lipinski definition) is 3. The van der Waals surface area contributed by atoms with Crippen LogP contribution < -0.4 is 4.72 Å². The fourth-order valence-corrected chi connectivity index (χ4v) is 3.57. The Morgan fingerprint density at radius 3 is 2.62 bits per heavy atom. The number of H-pyrrole nitrogens is 1. The second-order valence-electron chi connectivity index (χ2n) is 5.34. The minimum Gasteiger partial charge on any atom is -0.480 e. The zero-order valence-electron chi connectivity index (χ0n) is 11.8. The molecule has 0 radical (unpaired) electrons. The number of carboxylic acids is 1. The van der Waals surface area contributed by atoms with E-state index in [1.54, 1.807) is 24.3 Å². The fourth-order valence-electron chi connectivity index (χ4n) is 2.19. The van der Waals surface area contributed by atoms with Crippen LogP contribution >= 0.6 is 0 Å². The monoisotopic (exact) mass is 310 g/mol. The first kappa shape index (κ1) is 15.5. The molecule has 114 valence electrons. The number of carbonyl (C=O) groups is 1. The van der Waals surface area contributed by atoms with Crippen molar-refractivity contribution in [3.8, 4) is 0 Å². The van der Waals surface area contributed by atoms with Crippen LogP contribution in [-0.4, -0.2) is 30.5 Å². The van der Waals surface area contributed by atoms with Crippen molar-refractivity contribution in [2.75, 3.05) is 0 Å². The van der Waals surface area contributed by atoms with E-state index in [-0.39, 0.29) is 17.2 Å². The van der Waals surface area contributed by atoms with E-state index in [4.69, 9.17) is 5.11 Å². The SMILES string of the molecule is CC(C)C[C@@H](NS(=O)(=O)c1c[nH]c2ccccc12)C(=O)O. The molecule has 0 fully saturated rings. The molecule has 0 aliphatic heterocycles. The van der Waals surface area contributed by atoms with E-state index in [0.717, 1.165) is 0 Å². The van der Waals surface area contributed by atoms with Crippen molar-refractivity contribution in [2.45, 2.75) is 31.2 Å². The molecule has 0 saturated heterocycles. The summed E-state index contributed by atoms with van der Waals surface area (Å²) in [4.78, 5) is 14.1. The number of hydrogen-bond acceptors (Lipinski definition) is 3. The topological polar surface area (TPSA) is 99.3 Å². The lowest BCUT2D eigenvalue weighted by atomic mass is 10.1. The van der Waals surface area contributed by atoms with E-state index >= 15 is 0 Å². The van der Waals surface area contributed by atoms with Crippen LogP contribution in [0.3, 0.4) is 0 Å². The van der Waals surface area contributed by atoms with Gasteiger partial charge < -0.3 is 10.1 Å². The van der Waals surface area contributed by atoms with Crippen molar-refractivity contribution >= 4 is 26.9 Å². The lowest BCUT2D eigenvalue weighted by Crippen LogP contribution is -2.41. The van der Waals surface area contributed by atoms with Crippen molar-refractivity contribution < 1.29 is 18.3 Å². The molecule has 0 aliphatic carbocycles. The first-order valence-corrected chi connectivity index (χ1v) is 8.11. The Labute approximate surface area is 123 Å². The molecule has 0 spiro atoms. The normalized spacial score (nSPS) is 13.7. The van der Waals surface area contributed by atoms with E-state index in [0.29, 0.717) is 10.9 Å². The van der Waals surface area contributed by atoms with Gasteiger partial charge in [0.25, 0.3) is 0 Å². The fraction of sp³-hybridized carbons (Fsp3) is 0.357. The average molecular weight is 310 g/mol. The molecule has 0 aliphatic rings. The Hall–Kier alpha value is -1.86. The standard InChI is InChI=1S/C14H18N2O4S/c1-9(2)7-12(14(17)18)16-21(19,20)13-8-15-11-6-4-3-5-10(11)13/h3-6,8-9,12,15-16H,7H2,1-2H3,(H,17,18)/t12-/m1/s1. The van der Waals surface area contributed by atoms with Gasteiger partial charge in [0.2, 0.25) is 10.0 Å². The minimum absolute atomic E-state index is 0.0631. The molecule has 7 heteroatoms. The minimum atomic E-state index is -3.90. The van der Waals surface area contributed by atoms with E-state index < -0.39 is 22.0 Å². The van der Waals surface area contributed by atoms with Crippen LogP contribution in [0.25, 0.3) is 10.9 Å². The largest absolute Gasteiger partial charge is 0.480 e. The van der Waals surface area contributed by atoms with Crippen LogP contribution in [-0.2, 0) is 14.8 Å². The molecule has 1 atom stereocenters. The van der Waals surface area contributed by atoms with Crippen molar-refractivity contribution in [3.05, 3.63) is 30.5 Å². The maximum absolute atomic E-state index is 12.4. The number of sulfonamides is 1. The van der Waals surface area contributed by atoms with E-state index in [9.17, 15) is 13.2 Å². The third-order valence-corrected chi connectivity index (χ3v) is 4.66. The second-order valence-corrected chi connectivity index (χ2v) is 7.02. The molecule has 1 heterocycles. The lowest BCUT2D eigenvalue weighted by molar-refractivity contribution is -0.139. The summed E-state index contributed by atoms with van der Waals surface area (Å²) in [7, 11) is -3.90. The Morgan fingerprint density at radius 1 is 1.33 bits per heavy atom. The summed E-state index contributed by atoms with van der Waals surface area (Å²) in [6.07, 6.45) is 1.61. The molecule has 1 aromatic carbocycles. The van der Waals surface area contributed by atoms with Gasteiger partial charge in [-0.05, 0) is 18.4 Å². The highest BCUT2D eigenvalue weighted by Crippen LogP contribution is 2.22. The van der Waals surface area contributed by atoms with Gasteiger partial charge in [-0.15, -0.1) is 0 Å². The van der Waals surface area contributed by atoms with E-state index in [1.807, 2.05) is 13.8 Å². The molecule has 2 aromatic rings. The molecule has 0 bridgehead atoms. The summed E-state index contributed by atoms with van der Waals surface area (Å²) in [5, 5.41) is 9.70. The predicted octanol–water partition coefficient (Wildman–Crippen LogP) is 1.95. The van der Waals surface area contributed by atoms with Gasteiger partial charge >= 0.3 is 5.97 Å². The smallest absolute Gasteiger partial charge is 0.321 e. The van der Waals surface area contributed by atoms with Crippen molar-refractivity contribution in [1.29, 1.82) is 0 Å². The third kappa shape index (κ3) is 3.43. The summed E-state index contributed by atoms with van der Waals surface area (Å²) in [5.41, 5.74) is 0.689. The summed E-state index contributed by atoms with van der Waals surface area (Å²) in [5.74, 6) is -1.11. The summed E-state index contributed by atoms with van der Waals surface area (Å²) < 4.78 is 27.1. The van der Waals surface area contributed by atoms with Crippen molar-refractivity contribution in [3.63, 3.8) is 0 Å². The van der Waals surface area contributed by atoms with Crippen molar-refractivity contribution in [1.82, 2.24) is 9.71 Å². The number of aromatic nitrogens is 1. The highest BCUT2D eigenvalue weighted by molar-refractivity contribution is 7.89. The molecule has 0 unspecified atom stereocenters. The zero-order valence-corrected chi connectivity index (χ0v) is 12.6. The number of carboxylic acid groups (broad SMARTS) is 1. The number of nitrogens with one attached hydrogen (secondary N) is 2. The van der Waals surface area contributed by atoms with Gasteiger partial charge in [-0.2, -0.15) is 4.72 Å². The zero-order chi connectivity index (χ0) is 15.6. The van der Waals surface area contributed by atoms with Crippen LogP contribution in [0.15, 0.2) is 35.4 Å². The van der Waals surface area contributed by atoms with Crippen molar-refractivity contribution in [2.24, 2.45) is 5.92 Å². The van der Waals surface area contributed by atoms with Gasteiger partial charge in [-0.25, -0.2) is 8.42 Å². The molecule has 6 nitrogen and oxygen atoms in total. The summed E-state index contributed by atoms with van der Waals surface area (Å²) in [6.45, 7) is 3.69. The molecular weight excluding hydrogens is 292 g/mol. The first-order chi connectivity index (χ1) is 9.81. The van der Waals surface area contributed by atoms with Crippen LogP contribution in [0.4, 0.5) is 0 Å². The Kier molecular flexibility index (Phi) is 4.34. The summed E-state index contributed by atoms with van der Waals surface area (Å²) >= 11 is 0. The lowest BCUT2D eigenvalue weighted by Gasteiger charge is -2.16. The van der Waals surface area contributed by atoms with Crippen LogP contribution in [0.5, 0.6) is 0 Å². The maximum Gasteiger partial charge on any atom is 0.321 e. The molecular formula is C14H18N2O4S. The van der Waals surface area contributed by atoms with E-state index in [2.05, 4.69) is 9.71 Å². The molecule has 3 N–H and O–H groups in total. The van der Waals surface area contributed by atoms with Gasteiger partial charge in [-0.3, -0.25) is 4.79 Å². The molecule has 2 rings (SSSR count). The number of benzene rings is 1. The van der Waals surface area contributed by atoms with Crippen LogP contribution in [0, 0.1) is 5.92 Å². The quantitative estimate of drug-likeness (QED) is 0.759. The van der Waals surface area contributed by atoms with Gasteiger partial charge in [0, 0.05) is 17.1 Å². The highest BCUT2D eigenvalue weighted by Gasteiger charge is 2.27. The first-order valence-electron chi connectivity index (χ1n) is 6.62. The number of fused-ring (bicyclic) bond motifs is 1. The second kappa shape index (κ2) is 5.87. The van der Waals surface area contributed by atoms with Gasteiger partial charge in [0.05, 0.1) is 0 Å². The van der Waals surface area contributed by atoms with Crippen LogP contribution in [0.1, 0.15) is 20.3 Å². The van der Waals surface area contributed by atoms with Gasteiger partial charge in [-0.1, -0.05) is 32.0 Å². The Balaban J connectivity index is 2.35. The number of aromatic amines is 1. The predicted molar refractivity (Wildman–Crippen MR) is 79.5 cm³/mol. The third-order valence-electron chi connectivity index (χ3n) is 3.14. The van der Waals surface area contributed by atoms with Crippen LogP contribution in [0.2, 0.25) is 0 Å². The Bertz CT molecular complexity index is 749. The highest BCUT2D eigenvalue weighted by atomic mass is 32.2. The molecule has 21 heavy (non-hydrogen) atoms. The van der Waals surface area contributed by atoms with E-state index in [1.165, 1.54) is 6.20 Å². The molecule has 1 aromatic heterocycles. The molecule has 0 amide bonds. The number of para-hydroxylation sites is 1. The number of aliphatic carboxylic acids is 1. The van der Waals surface area contributed by atoms with Gasteiger partial charge in [0.15, 0.2) is 0 Å². The summed E-state index contributed by atoms with van der Waals surface area (Å²) in [6, 6.07) is 5.83. The molecule has 0 saturated carbocycles. The van der Waals surface area contributed by atoms with Gasteiger partial charge in [0.1, 0.15) is 10.9 Å².